The van der Waals surface area contributed by atoms with Crippen molar-refractivity contribution in [2.24, 2.45) is 5.73 Å². The highest BCUT2D eigenvalue weighted by Gasteiger charge is 2.29. The van der Waals surface area contributed by atoms with Crippen LogP contribution in [0.3, 0.4) is 0 Å². The zero-order valence-corrected chi connectivity index (χ0v) is 12.1. The summed E-state index contributed by atoms with van der Waals surface area (Å²) in [4.78, 5) is 4.48. The Balaban J connectivity index is 2.21. The molecule has 3 nitrogen and oxygen atoms in total. The topological polar surface area (TPSA) is 32.5 Å². The van der Waals surface area contributed by atoms with E-state index in [2.05, 4.69) is 23.8 Å². The number of likely N-dealkylation sites (N-methyl/N-ethyl adjacent to an activating group) is 1. The minimum atomic E-state index is -0.416. The maximum atomic E-state index is 14.0. The molecule has 2 unspecified atom stereocenters. The normalized spacial score (nSPS) is 22.9. The number of nitrogens with two attached hydrogens (primary N) is 1. The van der Waals surface area contributed by atoms with E-state index in [0.717, 1.165) is 32.1 Å². The lowest BCUT2D eigenvalue weighted by Crippen LogP contribution is -2.53. The largest absolute Gasteiger partial charge is 0.329 e. The van der Waals surface area contributed by atoms with Crippen molar-refractivity contribution >= 4 is 0 Å². The molecule has 112 valence electrons. The molecule has 1 aromatic carbocycles. The summed E-state index contributed by atoms with van der Waals surface area (Å²) < 4.78 is 27.3. The molecule has 1 fully saturated rings. The van der Waals surface area contributed by atoms with Gasteiger partial charge in [0, 0.05) is 37.8 Å². The molecule has 0 bridgehead atoms. The highest BCUT2D eigenvalue weighted by Crippen LogP contribution is 2.26. The second kappa shape index (κ2) is 6.61. The first-order valence-electron chi connectivity index (χ1n) is 7.16. The van der Waals surface area contributed by atoms with Crippen molar-refractivity contribution in [2.45, 2.75) is 25.4 Å². The zero-order valence-electron chi connectivity index (χ0n) is 12.1. The smallest absolute Gasteiger partial charge is 0.128 e. The molecule has 1 aromatic rings. The van der Waals surface area contributed by atoms with Crippen molar-refractivity contribution in [3.63, 3.8) is 0 Å². The molecule has 5 heteroatoms. The Morgan fingerprint density at radius 1 is 1.35 bits per heavy atom. The molecule has 0 saturated carbocycles. The molecule has 1 saturated heterocycles. The monoisotopic (exact) mass is 283 g/mol. The number of nitrogens with zero attached hydrogens (tertiary/aromatic N) is 2. The van der Waals surface area contributed by atoms with Gasteiger partial charge in [0.2, 0.25) is 0 Å². The summed E-state index contributed by atoms with van der Waals surface area (Å²) in [6, 6.07) is 3.78. The number of hydrogen-bond acceptors (Lipinski definition) is 3. The van der Waals surface area contributed by atoms with E-state index in [4.69, 9.17) is 5.73 Å². The van der Waals surface area contributed by atoms with Gasteiger partial charge in [-0.1, -0.05) is 6.92 Å². The third-order valence-electron chi connectivity index (χ3n) is 4.26. The number of hydrogen-bond donors (Lipinski definition) is 1. The summed E-state index contributed by atoms with van der Waals surface area (Å²) >= 11 is 0. The Bertz CT molecular complexity index is 453. The van der Waals surface area contributed by atoms with Crippen LogP contribution < -0.4 is 5.73 Å². The first-order chi connectivity index (χ1) is 9.56. The van der Waals surface area contributed by atoms with E-state index < -0.39 is 5.82 Å². The van der Waals surface area contributed by atoms with Crippen LogP contribution in [0.15, 0.2) is 18.2 Å². The molecule has 1 aliphatic heterocycles. The molecule has 0 spiro atoms. The molecule has 0 amide bonds. The van der Waals surface area contributed by atoms with Gasteiger partial charge in [0.05, 0.1) is 6.04 Å². The summed E-state index contributed by atoms with van der Waals surface area (Å²) in [7, 11) is 2.10. The van der Waals surface area contributed by atoms with Crippen LogP contribution in [0.4, 0.5) is 8.78 Å². The molecule has 0 radical (unpaired) electrons. The quantitative estimate of drug-likeness (QED) is 0.917. The van der Waals surface area contributed by atoms with Crippen molar-refractivity contribution in [1.82, 2.24) is 9.80 Å². The minimum Gasteiger partial charge on any atom is -0.329 e. The highest BCUT2D eigenvalue weighted by atomic mass is 19.1. The molecular formula is C15H23F2N3. The average molecular weight is 283 g/mol. The Hall–Kier alpha value is -1.04. The molecule has 0 aromatic heterocycles. The fourth-order valence-electron chi connectivity index (χ4n) is 2.94. The molecule has 1 heterocycles. The van der Waals surface area contributed by atoms with Gasteiger partial charge in [-0.15, -0.1) is 0 Å². The number of benzene rings is 1. The third-order valence-corrected chi connectivity index (χ3v) is 4.26. The van der Waals surface area contributed by atoms with Gasteiger partial charge in [0.25, 0.3) is 0 Å². The fourth-order valence-corrected chi connectivity index (χ4v) is 2.94. The van der Waals surface area contributed by atoms with Crippen LogP contribution in [0.1, 0.15) is 24.9 Å². The Morgan fingerprint density at radius 2 is 2.10 bits per heavy atom. The number of halogens is 2. The molecule has 2 N–H and O–H groups in total. The second-order valence-corrected chi connectivity index (χ2v) is 5.45. The first-order valence-corrected chi connectivity index (χ1v) is 7.16. The maximum Gasteiger partial charge on any atom is 0.128 e. The van der Waals surface area contributed by atoms with Crippen molar-refractivity contribution < 1.29 is 8.78 Å². The van der Waals surface area contributed by atoms with Crippen LogP contribution in [0.5, 0.6) is 0 Å². The first kappa shape index (κ1) is 15.4. The predicted octanol–water partition coefficient (Wildman–Crippen LogP) is 1.99. The lowest BCUT2D eigenvalue weighted by molar-refractivity contribution is 0.0632. The number of rotatable bonds is 4. The third kappa shape index (κ3) is 3.16. The van der Waals surface area contributed by atoms with E-state index in [1.807, 2.05) is 0 Å². The predicted molar refractivity (Wildman–Crippen MR) is 76.4 cm³/mol. The van der Waals surface area contributed by atoms with Gasteiger partial charge in [0.15, 0.2) is 0 Å². The summed E-state index contributed by atoms with van der Waals surface area (Å²) in [5.74, 6) is -0.796. The summed E-state index contributed by atoms with van der Waals surface area (Å²) in [5.41, 5.74) is 6.20. The van der Waals surface area contributed by atoms with Crippen LogP contribution in [-0.2, 0) is 0 Å². The molecule has 1 aliphatic rings. The van der Waals surface area contributed by atoms with Crippen LogP contribution in [0, 0.1) is 11.6 Å². The summed E-state index contributed by atoms with van der Waals surface area (Å²) in [5, 5.41) is 0. The van der Waals surface area contributed by atoms with Gasteiger partial charge in [0.1, 0.15) is 11.6 Å². The lowest BCUT2D eigenvalue weighted by Gasteiger charge is -2.42. The van der Waals surface area contributed by atoms with E-state index in [0.29, 0.717) is 18.2 Å². The van der Waals surface area contributed by atoms with Gasteiger partial charge in [-0.25, -0.2) is 8.78 Å². The van der Waals surface area contributed by atoms with Crippen LogP contribution in [-0.4, -0.2) is 49.1 Å². The zero-order chi connectivity index (χ0) is 14.7. The van der Waals surface area contributed by atoms with Crippen LogP contribution in [0.2, 0.25) is 0 Å². The second-order valence-electron chi connectivity index (χ2n) is 5.45. The van der Waals surface area contributed by atoms with Gasteiger partial charge in [-0.05, 0) is 31.7 Å². The maximum absolute atomic E-state index is 14.0. The van der Waals surface area contributed by atoms with Gasteiger partial charge >= 0.3 is 0 Å². The van der Waals surface area contributed by atoms with Crippen molar-refractivity contribution in [2.75, 3.05) is 33.2 Å². The Kier molecular flexibility index (Phi) is 5.07. The number of piperazine rings is 1. The lowest BCUT2D eigenvalue weighted by atomic mass is 10.0. The molecule has 2 atom stereocenters. The van der Waals surface area contributed by atoms with Crippen molar-refractivity contribution in [3.05, 3.63) is 35.4 Å². The fraction of sp³-hybridized carbons (Fsp3) is 0.600. The van der Waals surface area contributed by atoms with Gasteiger partial charge in [-0.2, -0.15) is 0 Å². The van der Waals surface area contributed by atoms with E-state index in [1.54, 1.807) is 0 Å². The van der Waals surface area contributed by atoms with Gasteiger partial charge in [-0.3, -0.25) is 4.90 Å². The van der Waals surface area contributed by atoms with E-state index >= 15 is 0 Å². The van der Waals surface area contributed by atoms with Crippen LogP contribution >= 0.6 is 0 Å². The van der Waals surface area contributed by atoms with E-state index in [1.165, 1.54) is 12.1 Å². The van der Waals surface area contributed by atoms with Crippen LogP contribution in [0.25, 0.3) is 0 Å². The average Bonchev–Trinajstić information content (AvgIpc) is 2.45. The molecular weight excluding hydrogens is 260 g/mol. The minimum absolute atomic E-state index is 0.256. The standard InChI is InChI=1S/C15H23F2N3/c1-3-12-10-20(7-6-19(12)2)15(9-18)13-8-11(16)4-5-14(13)17/h4-5,8,12,15H,3,6-7,9-10,18H2,1-2H3. The van der Waals surface area contributed by atoms with Gasteiger partial charge < -0.3 is 10.6 Å². The molecule has 20 heavy (non-hydrogen) atoms. The molecule has 0 aliphatic carbocycles. The summed E-state index contributed by atoms with van der Waals surface area (Å²) in [6.07, 6.45) is 1.04. The van der Waals surface area contributed by atoms with Crippen molar-refractivity contribution in [1.29, 1.82) is 0 Å². The SMILES string of the molecule is CCC1CN(C(CN)c2cc(F)ccc2F)CCN1C. The van der Waals surface area contributed by atoms with Crippen molar-refractivity contribution in [3.8, 4) is 0 Å². The van der Waals surface area contributed by atoms with E-state index in [9.17, 15) is 8.78 Å². The highest BCUT2D eigenvalue weighted by molar-refractivity contribution is 5.23. The summed E-state index contributed by atoms with van der Waals surface area (Å²) in [6.45, 7) is 5.02. The molecule has 2 rings (SSSR count). The Morgan fingerprint density at radius 3 is 2.75 bits per heavy atom. The van der Waals surface area contributed by atoms with E-state index in [-0.39, 0.29) is 11.9 Å². The Labute approximate surface area is 119 Å².